The van der Waals surface area contributed by atoms with Crippen LogP contribution in [0.3, 0.4) is 0 Å². The van der Waals surface area contributed by atoms with E-state index in [0.717, 1.165) is 10.0 Å². The molecule has 0 aliphatic carbocycles. The molecule has 0 saturated heterocycles. The van der Waals surface area contributed by atoms with Crippen LogP contribution in [0.5, 0.6) is 0 Å². The van der Waals surface area contributed by atoms with Crippen LogP contribution < -0.4 is 11.3 Å². The lowest BCUT2D eigenvalue weighted by molar-refractivity contribution is 0.507. The monoisotopic (exact) mass is 354 g/mol. The summed E-state index contributed by atoms with van der Waals surface area (Å²) in [6.45, 7) is 0. The molecule has 0 aromatic heterocycles. The Morgan fingerprint density at radius 3 is 2.67 bits per heavy atom. The lowest BCUT2D eigenvalue weighted by atomic mass is 10.0. The Balaban J connectivity index is 2.68. The minimum absolute atomic E-state index is 0.0830. The molecule has 7 heteroatoms. The van der Waals surface area contributed by atoms with E-state index in [2.05, 4.69) is 21.4 Å². The quantitative estimate of drug-likeness (QED) is 0.607. The maximum Gasteiger partial charge on any atom is 0.147 e. The van der Waals surface area contributed by atoms with E-state index in [0.29, 0.717) is 17.9 Å². The van der Waals surface area contributed by atoms with Gasteiger partial charge in [0.15, 0.2) is 0 Å². The van der Waals surface area contributed by atoms with Crippen LogP contribution in [0.15, 0.2) is 22.7 Å². The smallest absolute Gasteiger partial charge is 0.147 e. The largest absolute Gasteiger partial charge is 0.271 e. The van der Waals surface area contributed by atoms with E-state index in [4.69, 9.17) is 17.4 Å². The minimum atomic E-state index is -2.92. The number of nitrogens with two attached hydrogens (primary N) is 1. The van der Waals surface area contributed by atoms with Crippen LogP contribution in [0.25, 0.3) is 0 Å². The van der Waals surface area contributed by atoms with Gasteiger partial charge < -0.3 is 0 Å². The van der Waals surface area contributed by atoms with Gasteiger partial charge in [-0.3, -0.25) is 11.3 Å². The Morgan fingerprint density at radius 2 is 2.17 bits per heavy atom. The minimum Gasteiger partial charge on any atom is -0.271 e. The zero-order valence-corrected chi connectivity index (χ0v) is 13.1. The Hall–Kier alpha value is -0.140. The van der Waals surface area contributed by atoms with Crippen molar-refractivity contribution in [1.82, 2.24) is 5.43 Å². The standard InChI is InChI=1S/C11H16BrClN2O2S/c1-18(16,17)6-2-3-11(15-14)8-4-5-10(13)9(12)7-8/h4-5,7,11,15H,2-3,6,14H2,1H3. The summed E-state index contributed by atoms with van der Waals surface area (Å²) in [5.41, 5.74) is 3.67. The van der Waals surface area contributed by atoms with E-state index in [1.165, 1.54) is 6.26 Å². The van der Waals surface area contributed by atoms with Crippen molar-refractivity contribution < 1.29 is 8.42 Å². The SMILES string of the molecule is CS(=O)(=O)CCCC(NN)c1ccc(Cl)c(Br)c1. The molecule has 3 N–H and O–H groups in total. The van der Waals surface area contributed by atoms with Crippen molar-refractivity contribution in [1.29, 1.82) is 0 Å². The topological polar surface area (TPSA) is 72.2 Å². The van der Waals surface area contributed by atoms with Crippen LogP contribution >= 0.6 is 27.5 Å². The van der Waals surface area contributed by atoms with Gasteiger partial charge >= 0.3 is 0 Å². The van der Waals surface area contributed by atoms with E-state index in [9.17, 15) is 8.42 Å². The molecule has 0 radical (unpaired) electrons. The van der Waals surface area contributed by atoms with Crippen LogP contribution in [-0.4, -0.2) is 20.4 Å². The zero-order valence-electron chi connectivity index (χ0n) is 9.99. The van der Waals surface area contributed by atoms with E-state index in [1.54, 1.807) is 6.07 Å². The Kier molecular flexibility index (Phi) is 6.07. The molecule has 0 amide bonds. The van der Waals surface area contributed by atoms with Gasteiger partial charge in [-0.25, -0.2) is 8.42 Å². The fraction of sp³-hybridized carbons (Fsp3) is 0.455. The van der Waals surface area contributed by atoms with Gasteiger partial charge in [0.1, 0.15) is 9.84 Å². The average molecular weight is 356 g/mol. The first-order chi connectivity index (χ1) is 8.33. The molecule has 18 heavy (non-hydrogen) atoms. The number of rotatable bonds is 6. The molecule has 0 bridgehead atoms. The van der Waals surface area contributed by atoms with Gasteiger partial charge in [-0.1, -0.05) is 17.7 Å². The summed E-state index contributed by atoms with van der Waals surface area (Å²) >= 11 is 9.26. The fourth-order valence-electron chi connectivity index (χ4n) is 1.62. The van der Waals surface area contributed by atoms with Crippen LogP contribution in [-0.2, 0) is 9.84 Å². The second kappa shape index (κ2) is 6.86. The van der Waals surface area contributed by atoms with Crippen molar-refractivity contribution in [3.8, 4) is 0 Å². The molecule has 0 spiro atoms. The van der Waals surface area contributed by atoms with Gasteiger partial charge in [-0.2, -0.15) is 0 Å². The maximum atomic E-state index is 11.1. The third-order valence-electron chi connectivity index (χ3n) is 2.56. The highest BCUT2D eigenvalue weighted by atomic mass is 79.9. The van der Waals surface area contributed by atoms with Crippen LogP contribution in [0, 0.1) is 0 Å². The average Bonchev–Trinajstić information content (AvgIpc) is 2.27. The molecule has 0 aliphatic heterocycles. The molecule has 0 saturated carbocycles. The molecule has 1 aromatic carbocycles. The molecule has 1 aromatic rings. The highest BCUT2D eigenvalue weighted by Gasteiger charge is 2.12. The summed E-state index contributed by atoms with van der Waals surface area (Å²) in [4.78, 5) is 0. The van der Waals surface area contributed by atoms with Crippen molar-refractivity contribution in [3.63, 3.8) is 0 Å². The van der Waals surface area contributed by atoms with Crippen molar-refractivity contribution >= 4 is 37.4 Å². The predicted molar refractivity (Wildman–Crippen MR) is 78.2 cm³/mol. The molecule has 102 valence electrons. The Morgan fingerprint density at radius 1 is 1.50 bits per heavy atom. The summed E-state index contributed by atoms with van der Waals surface area (Å²) in [6.07, 6.45) is 2.45. The van der Waals surface area contributed by atoms with Crippen molar-refractivity contribution in [3.05, 3.63) is 33.3 Å². The van der Waals surface area contributed by atoms with Crippen molar-refractivity contribution in [2.45, 2.75) is 18.9 Å². The van der Waals surface area contributed by atoms with Gasteiger partial charge in [0, 0.05) is 22.5 Å². The van der Waals surface area contributed by atoms with Gasteiger partial charge in [0.05, 0.1) is 5.02 Å². The van der Waals surface area contributed by atoms with Crippen molar-refractivity contribution in [2.75, 3.05) is 12.0 Å². The van der Waals surface area contributed by atoms with Gasteiger partial charge in [-0.05, 0) is 46.5 Å². The highest BCUT2D eigenvalue weighted by Crippen LogP contribution is 2.27. The highest BCUT2D eigenvalue weighted by molar-refractivity contribution is 9.10. The third-order valence-corrected chi connectivity index (χ3v) is 4.80. The van der Waals surface area contributed by atoms with Crippen LogP contribution in [0.2, 0.25) is 5.02 Å². The fourth-order valence-corrected chi connectivity index (χ4v) is 2.83. The Labute approximate surface area is 121 Å². The first-order valence-electron chi connectivity index (χ1n) is 5.42. The molecule has 0 fully saturated rings. The maximum absolute atomic E-state index is 11.1. The van der Waals surface area contributed by atoms with E-state index in [-0.39, 0.29) is 11.8 Å². The van der Waals surface area contributed by atoms with Crippen LogP contribution in [0.4, 0.5) is 0 Å². The zero-order chi connectivity index (χ0) is 13.8. The lowest BCUT2D eigenvalue weighted by Crippen LogP contribution is -2.28. The summed E-state index contributed by atoms with van der Waals surface area (Å²) < 4.78 is 22.9. The number of hydrogen-bond acceptors (Lipinski definition) is 4. The van der Waals surface area contributed by atoms with Crippen LogP contribution in [0.1, 0.15) is 24.4 Å². The van der Waals surface area contributed by atoms with E-state index in [1.807, 2.05) is 12.1 Å². The number of sulfone groups is 1. The number of nitrogens with one attached hydrogen (secondary N) is 1. The molecule has 1 rings (SSSR count). The summed E-state index contributed by atoms with van der Waals surface area (Å²) in [7, 11) is -2.92. The lowest BCUT2D eigenvalue weighted by Gasteiger charge is -2.16. The molecular formula is C11H16BrClN2O2S. The predicted octanol–water partition coefficient (Wildman–Crippen LogP) is 2.43. The summed E-state index contributed by atoms with van der Waals surface area (Å²) in [5, 5.41) is 0.630. The molecule has 0 heterocycles. The van der Waals surface area contributed by atoms with Gasteiger partial charge in [0.25, 0.3) is 0 Å². The summed E-state index contributed by atoms with van der Waals surface area (Å²) in [5.74, 6) is 5.66. The molecule has 1 unspecified atom stereocenters. The van der Waals surface area contributed by atoms with Crippen molar-refractivity contribution in [2.24, 2.45) is 5.84 Å². The number of halogens is 2. The first kappa shape index (κ1) is 15.9. The molecule has 0 aliphatic rings. The second-order valence-electron chi connectivity index (χ2n) is 4.16. The Bertz CT molecular complexity index is 508. The van der Waals surface area contributed by atoms with Gasteiger partial charge in [0.2, 0.25) is 0 Å². The number of hydrogen-bond donors (Lipinski definition) is 2. The van der Waals surface area contributed by atoms with Gasteiger partial charge in [-0.15, -0.1) is 0 Å². The third kappa shape index (κ3) is 5.24. The molecule has 1 atom stereocenters. The summed E-state index contributed by atoms with van der Waals surface area (Å²) in [6, 6.07) is 5.45. The molecular weight excluding hydrogens is 340 g/mol. The normalized spacial score (nSPS) is 13.6. The number of benzene rings is 1. The number of hydrazine groups is 1. The van der Waals surface area contributed by atoms with E-state index >= 15 is 0 Å². The second-order valence-corrected chi connectivity index (χ2v) is 7.69. The first-order valence-corrected chi connectivity index (χ1v) is 8.65. The molecule has 4 nitrogen and oxygen atoms in total. The van der Waals surface area contributed by atoms with E-state index < -0.39 is 9.84 Å².